The SMILES string of the molecule is O=C(Cc1cccc(O)c1)N1CCCC1CC(O)c1cccs1. The van der Waals surface area contributed by atoms with Gasteiger partial charge in [0, 0.05) is 17.5 Å². The summed E-state index contributed by atoms with van der Waals surface area (Å²) in [5, 5.41) is 21.8. The normalized spacial score (nSPS) is 19.0. The summed E-state index contributed by atoms with van der Waals surface area (Å²) in [5.41, 5.74) is 0.819. The van der Waals surface area contributed by atoms with Crippen LogP contribution in [0.4, 0.5) is 0 Å². The van der Waals surface area contributed by atoms with Crippen LogP contribution in [0.15, 0.2) is 41.8 Å². The van der Waals surface area contributed by atoms with Crippen LogP contribution in [0.2, 0.25) is 0 Å². The summed E-state index contributed by atoms with van der Waals surface area (Å²) in [7, 11) is 0. The molecule has 0 bridgehead atoms. The van der Waals surface area contributed by atoms with E-state index < -0.39 is 6.10 Å². The molecule has 0 radical (unpaired) electrons. The van der Waals surface area contributed by atoms with Crippen LogP contribution in [0.5, 0.6) is 5.75 Å². The molecule has 5 heteroatoms. The van der Waals surface area contributed by atoms with Crippen molar-refractivity contribution < 1.29 is 15.0 Å². The zero-order valence-corrected chi connectivity index (χ0v) is 13.7. The van der Waals surface area contributed by atoms with Crippen LogP contribution in [-0.4, -0.2) is 33.6 Å². The molecule has 4 nitrogen and oxygen atoms in total. The molecule has 2 heterocycles. The summed E-state index contributed by atoms with van der Waals surface area (Å²) in [6.07, 6.45) is 2.29. The van der Waals surface area contributed by atoms with Gasteiger partial charge in [0.2, 0.25) is 5.91 Å². The van der Waals surface area contributed by atoms with Gasteiger partial charge in [-0.25, -0.2) is 0 Å². The molecule has 1 aromatic carbocycles. The third-order valence-electron chi connectivity index (χ3n) is 4.33. The molecule has 3 rings (SSSR count). The molecule has 1 saturated heterocycles. The molecule has 1 fully saturated rings. The molecule has 0 saturated carbocycles. The van der Waals surface area contributed by atoms with Crippen LogP contribution in [0.3, 0.4) is 0 Å². The smallest absolute Gasteiger partial charge is 0.227 e. The first-order chi connectivity index (χ1) is 11.1. The van der Waals surface area contributed by atoms with E-state index in [0.717, 1.165) is 29.8 Å². The molecule has 2 atom stereocenters. The summed E-state index contributed by atoms with van der Waals surface area (Å²) >= 11 is 1.55. The van der Waals surface area contributed by atoms with E-state index in [1.165, 1.54) is 0 Å². The van der Waals surface area contributed by atoms with Crippen LogP contribution in [0, 0.1) is 0 Å². The highest BCUT2D eigenvalue weighted by molar-refractivity contribution is 7.10. The van der Waals surface area contributed by atoms with Crippen molar-refractivity contribution in [2.45, 2.75) is 37.8 Å². The summed E-state index contributed by atoms with van der Waals surface area (Å²) in [6, 6.07) is 10.8. The van der Waals surface area contributed by atoms with Crippen molar-refractivity contribution in [1.82, 2.24) is 4.90 Å². The number of hydrogen-bond acceptors (Lipinski definition) is 4. The Morgan fingerprint density at radius 2 is 2.22 bits per heavy atom. The number of aliphatic hydroxyl groups is 1. The second-order valence-corrected chi connectivity index (χ2v) is 6.98. The van der Waals surface area contributed by atoms with Gasteiger partial charge in [-0.1, -0.05) is 18.2 Å². The molecule has 122 valence electrons. The third kappa shape index (κ3) is 3.92. The largest absolute Gasteiger partial charge is 0.508 e. The molecule has 0 aliphatic carbocycles. The summed E-state index contributed by atoms with van der Waals surface area (Å²) in [6.45, 7) is 0.749. The molecule has 1 aromatic heterocycles. The number of thiophene rings is 1. The summed E-state index contributed by atoms with van der Waals surface area (Å²) in [5.74, 6) is 0.248. The van der Waals surface area contributed by atoms with Gasteiger partial charge < -0.3 is 15.1 Å². The first-order valence-electron chi connectivity index (χ1n) is 7.92. The van der Waals surface area contributed by atoms with Crippen molar-refractivity contribution >= 4 is 17.2 Å². The maximum atomic E-state index is 12.6. The molecule has 2 aromatic rings. The van der Waals surface area contributed by atoms with Crippen LogP contribution in [-0.2, 0) is 11.2 Å². The van der Waals surface area contributed by atoms with Gasteiger partial charge in [0.05, 0.1) is 12.5 Å². The van der Waals surface area contributed by atoms with Crippen molar-refractivity contribution in [3.8, 4) is 5.75 Å². The highest BCUT2D eigenvalue weighted by Gasteiger charge is 2.30. The lowest BCUT2D eigenvalue weighted by molar-refractivity contribution is -0.131. The first kappa shape index (κ1) is 16.0. The molecular weight excluding hydrogens is 310 g/mol. The lowest BCUT2D eigenvalue weighted by Crippen LogP contribution is -2.37. The van der Waals surface area contributed by atoms with E-state index >= 15 is 0 Å². The second kappa shape index (κ2) is 7.15. The van der Waals surface area contributed by atoms with Crippen molar-refractivity contribution in [1.29, 1.82) is 0 Å². The Balaban J connectivity index is 1.63. The van der Waals surface area contributed by atoms with Gasteiger partial charge in [-0.05, 0) is 48.4 Å². The fourth-order valence-electron chi connectivity index (χ4n) is 3.21. The number of phenolic OH excluding ortho intramolecular Hbond substituents is 1. The number of carbonyl (C=O) groups is 1. The zero-order valence-electron chi connectivity index (χ0n) is 12.9. The number of benzene rings is 1. The molecule has 1 aliphatic rings. The minimum Gasteiger partial charge on any atom is -0.508 e. The monoisotopic (exact) mass is 331 g/mol. The highest BCUT2D eigenvalue weighted by atomic mass is 32.1. The predicted molar refractivity (Wildman–Crippen MR) is 90.4 cm³/mol. The Bertz CT molecular complexity index is 656. The van der Waals surface area contributed by atoms with Crippen LogP contribution in [0.1, 0.15) is 35.8 Å². The van der Waals surface area contributed by atoms with E-state index in [-0.39, 0.29) is 17.7 Å². The van der Waals surface area contributed by atoms with E-state index in [0.29, 0.717) is 12.8 Å². The second-order valence-electron chi connectivity index (χ2n) is 6.00. The fraction of sp³-hybridized carbons (Fsp3) is 0.389. The predicted octanol–water partition coefficient (Wildman–Crippen LogP) is 3.11. The van der Waals surface area contributed by atoms with Gasteiger partial charge >= 0.3 is 0 Å². The van der Waals surface area contributed by atoms with Crippen molar-refractivity contribution in [3.63, 3.8) is 0 Å². The topological polar surface area (TPSA) is 60.8 Å². The molecule has 2 N–H and O–H groups in total. The van der Waals surface area contributed by atoms with Crippen LogP contribution in [0.25, 0.3) is 0 Å². The van der Waals surface area contributed by atoms with Gasteiger partial charge in [0.1, 0.15) is 5.75 Å². The van der Waals surface area contributed by atoms with Gasteiger partial charge in [0.25, 0.3) is 0 Å². The Kier molecular flexibility index (Phi) is 4.98. The molecule has 1 amide bonds. The Morgan fingerprint density at radius 1 is 1.35 bits per heavy atom. The quantitative estimate of drug-likeness (QED) is 0.885. The van der Waals surface area contributed by atoms with Gasteiger partial charge in [-0.2, -0.15) is 0 Å². The Morgan fingerprint density at radius 3 is 2.96 bits per heavy atom. The standard InChI is InChI=1S/C18H21NO3S/c20-15-6-1-4-13(10-15)11-18(22)19-8-2-5-14(19)12-16(21)17-7-3-9-23-17/h1,3-4,6-7,9-10,14,16,20-21H,2,5,8,11-12H2. The minimum atomic E-state index is -0.505. The summed E-state index contributed by atoms with van der Waals surface area (Å²) in [4.78, 5) is 15.4. The minimum absolute atomic E-state index is 0.0662. The van der Waals surface area contributed by atoms with E-state index in [2.05, 4.69) is 0 Å². The van der Waals surface area contributed by atoms with E-state index in [9.17, 15) is 15.0 Å². The lowest BCUT2D eigenvalue weighted by atomic mass is 10.0. The number of amides is 1. The van der Waals surface area contributed by atoms with Crippen molar-refractivity contribution in [2.24, 2.45) is 0 Å². The molecule has 0 spiro atoms. The third-order valence-corrected chi connectivity index (χ3v) is 5.30. The maximum Gasteiger partial charge on any atom is 0.227 e. The fourth-order valence-corrected chi connectivity index (χ4v) is 3.93. The van der Waals surface area contributed by atoms with Crippen molar-refractivity contribution in [3.05, 3.63) is 52.2 Å². The Hall–Kier alpha value is -1.85. The molecule has 23 heavy (non-hydrogen) atoms. The van der Waals surface area contributed by atoms with Gasteiger partial charge in [-0.3, -0.25) is 4.79 Å². The van der Waals surface area contributed by atoms with E-state index in [1.54, 1.807) is 29.5 Å². The van der Waals surface area contributed by atoms with Gasteiger partial charge in [0.15, 0.2) is 0 Å². The van der Waals surface area contributed by atoms with E-state index in [4.69, 9.17) is 0 Å². The average molecular weight is 331 g/mol. The van der Waals surface area contributed by atoms with Crippen LogP contribution >= 0.6 is 11.3 Å². The number of carbonyl (C=O) groups excluding carboxylic acids is 1. The summed E-state index contributed by atoms with van der Waals surface area (Å²) < 4.78 is 0. The van der Waals surface area contributed by atoms with E-state index in [1.807, 2.05) is 28.5 Å². The number of aromatic hydroxyl groups is 1. The number of hydrogen-bond donors (Lipinski definition) is 2. The molecule has 2 unspecified atom stereocenters. The number of rotatable bonds is 5. The number of likely N-dealkylation sites (tertiary alicyclic amines) is 1. The van der Waals surface area contributed by atoms with Crippen LogP contribution < -0.4 is 0 Å². The lowest BCUT2D eigenvalue weighted by Gasteiger charge is -2.26. The highest BCUT2D eigenvalue weighted by Crippen LogP contribution is 2.30. The van der Waals surface area contributed by atoms with Gasteiger partial charge in [-0.15, -0.1) is 11.3 Å². The molecular formula is C18H21NO3S. The average Bonchev–Trinajstić information content (AvgIpc) is 3.18. The molecule has 1 aliphatic heterocycles. The number of aliphatic hydroxyl groups excluding tert-OH is 1. The number of phenols is 1. The maximum absolute atomic E-state index is 12.6. The Labute approximate surface area is 140 Å². The number of nitrogens with zero attached hydrogens (tertiary/aromatic N) is 1. The van der Waals surface area contributed by atoms with Crippen molar-refractivity contribution in [2.75, 3.05) is 6.54 Å². The zero-order chi connectivity index (χ0) is 16.2. The first-order valence-corrected chi connectivity index (χ1v) is 8.80.